The molecule has 4 nitrogen and oxygen atoms in total. The summed E-state index contributed by atoms with van der Waals surface area (Å²) in [4.78, 5) is 12.4. The van der Waals surface area contributed by atoms with Crippen LogP contribution < -0.4 is 5.32 Å². The van der Waals surface area contributed by atoms with Crippen molar-refractivity contribution in [2.75, 3.05) is 5.32 Å². The highest BCUT2D eigenvalue weighted by Gasteiger charge is 2.16. The van der Waals surface area contributed by atoms with Gasteiger partial charge in [0.1, 0.15) is 5.82 Å². The summed E-state index contributed by atoms with van der Waals surface area (Å²) < 4.78 is 16.1. The number of nitrogens with zero attached hydrogens (tertiary/aromatic N) is 2. The van der Waals surface area contributed by atoms with Gasteiger partial charge in [-0.1, -0.05) is 34.1 Å². The molecule has 1 aromatic heterocycles. The number of carbonyl (C=O) groups excluding carboxylic acids is 1. The van der Waals surface area contributed by atoms with Crippen LogP contribution in [0.4, 0.5) is 10.1 Å². The molecular weight excluding hydrogens is 361 g/mol. The van der Waals surface area contributed by atoms with Gasteiger partial charge in [-0.2, -0.15) is 5.10 Å². The number of hydrogen-bond donors (Lipinski definition) is 1. The highest BCUT2D eigenvalue weighted by Crippen LogP contribution is 2.21. The molecule has 0 saturated carbocycles. The maximum Gasteiger partial charge on any atom is 0.259 e. The average molecular weight is 374 g/mol. The van der Waals surface area contributed by atoms with Gasteiger partial charge in [-0.15, -0.1) is 0 Å². The Balaban J connectivity index is 1.88. The van der Waals surface area contributed by atoms with Crippen molar-refractivity contribution in [1.29, 1.82) is 0 Å². The van der Waals surface area contributed by atoms with Crippen molar-refractivity contribution in [3.05, 3.63) is 76.3 Å². The minimum atomic E-state index is -0.499. The number of aromatic nitrogens is 2. The summed E-state index contributed by atoms with van der Waals surface area (Å²) in [6.07, 6.45) is 1.48. The summed E-state index contributed by atoms with van der Waals surface area (Å²) in [6.45, 7) is 1.80. The van der Waals surface area contributed by atoms with Gasteiger partial charge in [0.05, 0.1) is 28.8 Å². The molecule has 116 valence electrons. The van der Waals surface area contributed by atoms with Crippen LogP contribution in [-0.4, -0.2) is 15.7 Å². The third kappa shape index (κ3) is 3.17. The van der Waals surface area contributed by atoms with Gasteiger partial charge >= 0.3 is 0 Å². The number of hydrogen-bond acceptors (Lipinski definition) is 2. The SMILES string of the molecule is Cc1c(C(=O)Nc2ccc(Br)cc2F)cnn1-c1ccccc1. The van der Waals surface area contributed by atoms with E-state index in [9.17, 15) is 9.18 Å². The highest BCUT2D eigenvalue weighted by atomic mass is 79.9. The zero-order valence-corrected chi connectivity index (χ0v) is 13.8. The molecular formula is C17H13BrFN3O. The fourth-order valence-corrected chi connectivity index (χ4v) is 2.58. The van der Waals surface area contributed by atoms with Gasteiger partial charge < -0.3 is 5.32 Å². The number of anilines is 1. The van der Waals surface area contributed by atoms with E-state index >= 15 is 0 Å². The lowest BCUT2D eigenvalue weighted by molar-refractivity contribution is 0.102. The van der Waals surface area contributed by atoms with Gasteiger partial charge in [-0.05, 0) is 37.3 Å². The first kappa shape index (κ1) is 15.4. The largest absolute Gasteiger partial charge is 0.319 e. The van der Waals surface area contributed by atoms with E-state index < -0.39 is 11.7 Å². The van der Waals surface area contributed by atoms with Crippen LogP contribution in [0.1, 0.15) is 16.1 Å². The quantitative estimate of drug-likeness (QED) is 0.742. The molecule has 0 spiro atoms. The Morgan fingerprint density at radius 2 is 1.96 bits per heavy atom. The van der Waals surface area contributed by atoms with Gasteiger partial charge in [0.2, 0.25) is 0 Å². The Morgan fingerprint density at radius 1 is 1.22 bits per heavy atom. The second kappa shape index (κ2) is 6.34. The molecule has 2 aromatic carbocycles. The summed E-state index contributed by atoms with van der Waals surface area (Å²) >= 11 is 3.18. The van der Waals surface area contributed by atoms with E-state index in [1.807, 2.05) is 30.3 Å². The summed E-state index contributed by atoms with van der Waals surface area (Å²) in [5.74, 6) is -0.897. The van der Waals surface area contributed by atoms with Gasteiger partial charge in [0, 0.05) is 4.47 Å². The molecule has 6 heteroatoms. The molecule has 0 unspecified atom stereocenters. The highest BCUT2D eigenvalue weighted by molar-refractivity contribution is 9.10. The lowest BCUT2D eigenvalue weighted by atomic mass is 10.2. The molecule has 0 bridgehead atoms. The lowest BCUT2D eigenvalue weighted by Crippen LogP contribution is -2.14. The van der Waals surface area contributed by atoms with E-state index in [4.69, 9.17) is 0 Å². The van der Waals surface area contributed by atoms with Gasteiger partial charge in [-0.25, -0.2) is 9.07 Å². The third-order valence-electron chi connectivity index (χ3n) is 3.43. The third-order valence-corrected chi connectivity index (χ3v) is 3.93. The predicted molar refractivity (Wildman–Crippen MR) is 90.4 cm³/mol. The molecule has 1 heterocycles. The van der Waals surface area contributed by atoms with Crippen LogP contribution in [0, 0.1) is 12.7 Å². The molecule has 0 aliphatic rings. The van der Waals surface area contributed by atoms with E-state index in [1.165, 1.54) is 18.3 Å². The number of halogens is 2. The van der Waals surface area contributed by atoms with Crippen LogP contribution in [0.25, 0.3) is 5.69 Å². The molecule has 0 aliphatic heterocycles. The van der Waals surface area contributed by atoms with Crippen LogP contribution in [-0.2, 0) is 0 Å². The van der Waals surface area contributed by atoms with Crippen LogP contribution in [0.2, 0.25) is 0 Å². The van der Waals surface area contributed by atoms with E-state index in [1.54, 1.807) is 17.7 Å². The van der Waals surface area contributed by atoms with Crippen LogP contribution in [0.5, 0.6) is 0 Å². The predicted octanol–water partition coefficient (Wildman–Crippen LogP) is 4.33. The van der Waals surface area contributed by atoms with Crippen LogP contribution >= 0.6 is 15.9 Å². The van der Waals surface area contributed by atoms with Crippen LogP contribution in [0.15, 0.2) is 59.2 Å². The standard InChI is InChI=1S/C17H13BrFN3O/c1-11-14(10-20-22(11)13-5-3-2-4-6-13)17(23)21-16-8-7-12(18)9-15(16)19/h2-10H,1H3,(H,21,23). The monoisotopic (exact) mass is 373 g/mol. The molecule has 0 radical (unpaired) electrons. The Morgan fingerprint density at radius 3 is 2.65 bits per heavy atom. The first-order chi connectivity index (χ1) is 11.1. The van der Waals surface area contributed by atoms with Crippen molar-refractivity contribution in [3.63, 3.8) is 0 Å². The molecule has 0 atom stereocenters. The van der Waals surface area contributed by atoms with Crippen molar-refractivity contribution in [1.82, 2.24) is 9.78 Å². The number of carbonyl (C=O) groups is 1. The van der Waals surface area contributed by atoms with Crippen molar-refractivity contribution in [3.8, 4) is 5.69 Å². The molecule has 3 rings (SSSR count). The minimum absolute atomic E-state index is 0.130. The van der Waals surface area contributed by atoms with Crippen molar-refractivity contribution >= 4 is 27.5 Å². The van der Waals surface area contributed by atoms with Crippen molar-refractivity contribution in [2.45, 2.75) is 6.92 Å². The fourth-order valence-electron chi connectivity index (χ4n) is 2.24. The Hall–Kier alpha value is -2.47. The molecule has 0 fully saturated rings. The van der Waals surface area contributed by atoms with Gasteiger partial charge in [-0.3, -0.25) is 4.79 Å². The molecule has 23 heavy (non-hydrogen) atoms. The first-order valence-electron chi connectivity index (χ1n) is 6.92. The molecule has 1 N–H and O–H groups in total. The molecule has 1 amide bonds. The van der Waals surface area contributed by atoms with Crippen LogP contribution in [0.3, 0.4) is 0 Å². The number of para-hydroxylation sites is 1. The Bertz CT molecular complexity index is 862. The maximum atomic E-state index is 13.8. The Kier molecular flexibility index (Phi) is 4.25. The fraction of sp³-hybridized carbons (Fsp3) is 0.0588. The zero-order chi connectivity index (χ0) is 16.4. The molecule has 0 saturated heterocycles. The smallest absolute Gasteiger partial charge is 0.259 e. The molecule has 0 aliphatic carbocycles. The summed E-state index contributed by atoms with van der Waals surface area (Å²) in [5.41, 5.74) is 2.08. The van der Waals surface area contributed by atoms with E-state index in [-0.39, 0.29) is 5.69 Å². The topological polar surface area (TPSA) is 46.9 Å². The minimum Gasteiger partial charge on any atom is -0.319 e. The summed E-state index contributed by atoms with van der Waals surface area (Å²) in [7, 11) is 0. The van der Waals surface area contributed by atoms with E-state index in [0.29, 0.717) is 15.7 Å². The second-order valence-corrected chi connectivity index (χ2v) is 5.88. The van der Waals surface area contributed by atoms with E-state index in [2.05, 4.69) is 26.3 Å². The van der Waals surface area contributed by atoms with Crippen molar-refractivity contribution < 1.29 is 9.18 Å². The van der Waals surface area contributed by atoms with Gasteiger partial charge in [0.15, 0.2) is 0 Å². The maximum absolute atomic E-state index is 13.8. The van der Waals surface area contributed by atoms with Crippen molar-refractivity contribution in [2.24, 2.45) is 0 Å². The number of amides is 1. The van der Waals surface area contributed by atoms with E-state index in [0.717, 1.165) is 5.69 Å². The second-order valence-electron chi connectivity index (χ2n) is 4.97. The number of benzene rings is 2. The Labute approximate surface area is 141 Å². The zero-order valence-electron chi connectivity index (χ0n) is 12.3. The lowest BCUT2D eigenvalue weighted by Gasteiger charge is -2.07. The number of nitrogens with one attached hydrogen (secondary N) is 1. The summed E-state index contributed by atoms with van der Waals surface area (Å²) in [6, 6.07) is 14.0. The van der Waals surface area contributed by atoms with Gasteiger partial charge in [0.25, 0.3) is 5.91 Å². The number of rotatable bonds is 3. The first-order valence-corrected chi connectivity index (χ1v) is 7.72. The summed E-state index contributed by atoms with van der Waals surface area (Å²) in [5, 5.41) is 6.81. The average Bonchev–Trinajstić information content (AvgIpc) is 2.92. The normalized spacial score (nSPS) is 10.6. The molecule has 3 aromatic rings.